The van der Waals surface area contributed by atoms with Gasteiger partial charge in [-0.3, -0.25) is 4.79 Å². The van der Waals surface area contributed by atoms with Gasteiger partial charge in [-0.15, -0.1) is 0 Å². The van der Waals surface area contributed by atoms with Crippen LogP contribution in [0, 0.1) is 5.92 Å². The fraction of sp³-hybridized carbons (Fsp3) is 0.391. The maximum atomic E-state index is 11.9. The smallest absolute Gasteiger partial charge is 0.407 e. The van der Waals surface area contributed by atoms with E-state index in [4.69, 9.17) is 4.74 Å². The molecule has 0 aromatic heterocycles. The summed E-state index contributed by atoms with van der Waals surface area (Å²) in [5.41, 5.74) is 3.90. The van der Waals surface area contributed by atoms with E-state index in [0.29, 0.717) is 37.6 Å². The minimum absolute atomic E-state index is 0.0653. The Morgan fingerprint density at radius 1 is 1.20 bits per heavy atom. The third kappa shape index (κ3) is 4.20. The maximum absolute atomic E-state index is 11.9. The van der Waals surface area contributed by atoms with E-state index in [1.54, 1.807) is 6.07 Å². The van der Waals surface area contributed by atoms with E-state index >= 15 is 0 Å². The molecule has 0 saturated carbocycles. The first-order chi connectivity index (χ1) is 14.5. The predicted octanol–water partition coefficient (Wildman–Crippen LogP) is 3.52. The number of benzene rings is 2. The molecule has 7 heteroatoms. The largest absolute Gasteiger partial charge is 0.493 e. The number of rotatable bonds is 5. The molecule has 2 aliphatic heterocycles. The Kier molecular flexibility index (Phi) is 5.79. The number of fused-ring (bicyclic) bond motifs is 1. The molecule has 0 aliphatic carbocycles. The fourth-order valence-electron chi connectivity index (χ4n) is 4.38. The Morgan fingerprint density at radius 3 is 2.70 bits per heavy atom. The third-order valence-corrected chi connectivity index (χ3v) is 6.18. The van der Waals surface area contributed by atoms with Crippen LogP contribution in [0.25, 0.3) is 0 Å². The highest BCUT2D eigenvalue weighted by Gasteiger charge is 2.30. The monoisotopic (exact) mass is 409 g/mol. The van der Waals surface area contributed by atoms with Gasteiger partial charge in [-0.25, -0.2) is 4.79 Å². The zero-order valence-electron chi connectivity index (χ0n) is 17.1. The average molecular weight is 409 g/mol. The second kappa shape index (κ2) is 8.65. The van der Waals surface area contributed by atoms with Crippen molar-refractivity contribution in [1.82, 2.24) is 10.2 Å². The van der Waals surface area contributed by atoms with Crippen LogP contribution in [-0.2, 0) is 6.54 Å². The summed E-state index contributed by atoms with van der Waals surface area (Å²) in [6.07, 6.45) is 0.618. The Labute approximate surface area is 176 Å². The van der Waals surface area contributed by atoms with Gasteiger partial charge in [0.25, 0.3) is 5.91 Å². The number of hydrogen-bond donors (Lipinski definition) is 3. The molecule has 2 aliphatic rings. The quantitative estimate of drug-likeness (QED) is 0.703. The van der Waals surface area contributed by atoms with Gasteiger partial charge in [-0.1, -0.05) is 18.2 Å². The topological polar surface area (TPSA) is 90.9 Å². The van der Waals surface area contributed by atoms with Gasteiger partial charge in [0, 0.05) is 43.9 Å². The van der Waals surface area contributed by atoms with Crippen LogP contribution in [0.4, 0.5) is 10.5 Å². The summed E-state index contributed by atoms with van der Waals surface area (Å²) in [5, 5.41) is 15.4. The van der Waals surface area contributed by atoms with E-state index in [1.165, 1.54) is 10.5 Å². The number of nitrogens with one attached hydrogen (secondary N) is 2. The Bertz CT molecular complexity index is 929. The second-order valence-electron chi connectivity index (χ2n) is 7.90. The first-order valence-corrected chi connectivity index (χ1v) is 10.3. The number of hydrogen-bond acceptors (Lipinski definition) is 4. The molecule has 2 amide bonds. The number of anilines is 1. The van der Waals surface area contributed by atoms with E-state index in [0.717, 1.165) is 24.1 Å². The fourth-order valence-corrected chi connectivity index (χ4v) is 4.38. The minimum atomic E-state index is -0.870. The summed E-state index contributed by atoms with van der Waals surface area (Å²) in [5.74, 6) is 0.994. The van der Waals surface area contributed by atoms with Crippen molar-refractivity contribution in [2.75, 3.05) is 32.1 Å². The summed E-state index contributed by atoms with van der Waals surface area (Å²) in [4.78, 5) is 24.9. The van der Waals surface area contributed by atoms with Crippen molar-refractivity contribution in [3.8, 4) is 5.75 Å². The van der Waals surface area contributed by atoms with E-state index in [1.807, 2.05) is 31.3 Å². The van der Waals surface area contributed by atoms with Crippen molar-refractivity contribution in [2.24, 2.45) is 5.92 Å². The lowest BCUT2D eigenvalue weighted by atomic mass is 9.83. The first kappa shape index (κ1) is 20.1. The lowest BCUT2D eigenvalue weighted by molar-refractivity contribution is 0.0965. The van der Waals surface area contributed by atoms with Gasteiger partial charge < -0.3 is 25.4 Å². The number of carboxylic acid groups (broad SMARTS) is 1. The molecule has 0 unspecified atom stereocenters. The molecule has 2 heterocycles. The van der Waals surface area contributed by atoms with E-state index in [9.17, 15) is 14.7 Å². The van der Waals surface area contributed by atoms with Crippen LogP contribution >= 0.6 is 0 Å². The van der Waals surface area contributed by atoms with E-state index < -0.39 is 6.09 Å². The summed E-state index contributed by atoms with van der Waals surface area (Å²) in [7, 11) is 1.89. The molecule has 0 spiro atoms. The molecule has 4 rings (SSSR count). The molecule has 2 atom stereocenters. The van der Waals surface area contributed by atoms with Crippen LogP contribution in [0.2, 0.25) is 0 Å². The lowest BCUT2D eigenvalue weighted by Crippen LogP contribution is -2.30. The summed E-state index contributed by atoms with van der Waals surface area (Å²) in [6, 6.07) is 13.9. The van der Waals surface area contributed by atoms with Crippen LogP contribution in [0.1, 0.15) is 40.2 Å². The standard InChI is InChI=1S/C23H27N3O4/c1-24-18-5-2-15(3-6-18)20-9-11-26(23(28)29)10-8-17(20)14-30-19-7-4-16-13-25-22(27)21(16)12-19/h2-7,12,17,20,24H,8-11,13-14H2,1H3,(H,25,27)(H,28,29)/t17-,20-/m0/s1. The van der Waals surface area contributed by atoms with Gasteiger partial charge >= 0.3 is 6.09 Å². The molecule has 3 N–H and O–H groups in total. The van der Waals surface area contributed by atoms with Crippen molar-refractivity contribution in [2.45, 2.75) is 25.3 Å². The molecule has 0 bridgehead atoms. The molecule has 1 saturated heterocycles. The molecule has 2 aromatic carbocycles. The number of carbonyl (C=O) groups excluding carboxylic acids is 1. The van der Waals surface area contributed by atoms with Crippen LogP contribution in [0.15, 0.2) is 42.5 Å². The number of nitrogens with zero attached hydrogens (tertiary/aromatic N) is 1. The normalized spacial score (nSPS) is 20.8. The van der Waals surface area contributed by atoms with Gasteiger partial charge in [-0.05, 0) is 54.2 Å². The van der Waals surface area contributed by atoms with Gasteiger partial charge in [0.05, 0.1) is 6.61 Å². The van der Waals surface area contributed by atoms with Crippen LogP contribution < -0.4 is 15.4 Å². The molecular formula is C23H27N3O4. The number of ether oxygens (including phenoxy) is 1. The summed E-state index contributed by atoms with van der Waals surface area (Å²) < 4.78 is 6.11. The first-order valence-electron chi connectivity index (χ1n) is 10.3. The highest BCUT2D eigenvalue weighted by Crippen LogP contribution is 2.35. The highest BCUT2D eigenvalue weighted by atomic mass is 16.5. The Morgan fingerprint density at radius 2 is 1.97 bits per heavy atom. The third-order valence-electron chi connectivity index (χ3n) is 6.18. The zero-order valence-corrected chi connectivity index (χ0v) is 17.1. The number of carbonyl (C=O) groups is 2. The van der Waals surface area contributed by atoms with Gasteiger partial charge in [0.15, 0.2) is 0 Å². The van der Waals surface area contributed by atoms with Crippen molar-refractivity contribution >= 4 is 17.7 Å². The van der Waals surface area contributed by atoms with Crippen LogP contribution in [0.5, 0.6) is 5.75 Å². The minimum Gasteiger partial charge on any atom is -0.493 e. The second-order valence-corrected chi connectivity index (χ2v) is 7.90. The van der Waals surface area contributed by atoms with Crippen molar-refractivity contribution < 1.29 is 19.4 Å². The van der Waals surface area contributed by atoms with Crippen LogP contribution in [-0.4, -0.2) is 48.8 Å². The van der Waals surface area contributed by atoms with Crippen molar-refractivity contribution in [1.29, 1.82) is 0 Å². The van der Waals surface area contributed by atoms with E-state index in [-0.39, 0.29) is 17.7 Å². The van der Waals surface area contributed by atoms with Gasteiger partial charge in [0.1, 0.15) is 5.75 Å². The molecule has 2 aromatic rings. The Hall–Kier alpha value is -3.22. The molecule has 0 radical (unpaired) electrons. The molecule has 1 fully saturated rings. The van der Waals surface area contributed by atoms with Gasteiger partial charge in [-0.2, -0.15) is 0 Å². The van der Waals surface area contributed by atoms with Crippen molar-refractivity contribution in [3.05, 3.63) is 59.2 Å². The summed E-state index contributed by atoms with van der Waals surface area (Å²) >= 11 is 0. The maximum Gasteiger partial charge on any atom is 0.407 e. The Balaban J connectivity index is 1.52. The molecule has 7 nitrogen and oxygen atoms in total. The molecule has 30 heavy (non-hydrogen) atoms. The zero-order chi connectivity index (χ0) is 21.1. The average Bonchev–Trinajstić information content (AvgIpc) is 2.99. The number of likely N-dealkylation sites (tertiary alicyclic amines) is 1. The van der Waals surface area contributed by atoms with Gasteiger partial charge in [0.2, 0.25) is 0 Å². The number of amides is 2. The highest BCUT2D eigenvalue weighted by molar-refractivity contribution is 5.98. The predicted molar refractivity (Wildman–Crippen MR) is 114 cm³/mol. The van der Waals surface area contributed by atoms with E-state index in [2.05, 4.69) is 22.8 Å². The van der Waals surface area contributed by atoms with Crippen molar-refractivity contribution in [3.63, 3.8) is 0 Å². The lowest BCUT2D eigenvalue weighted by Gasteiger charge is -2.25. The SMILES string of the molecule is CNc1ccc([C@@H]2CCN(C(=O)O)CC[C@H]2COc2ccc3c(c2)C(=O)NC3)cc1. The molecular weight excluding hydrogens is 382 g/mol. The van der Waals surface area contributed by atoms with Crippen LogP contribution in [0.3, 0.4) is 0 Å². The summed E-state index contributed by atoms with van der Waals surface area (Å²) in [6.45, 7) is 2.06. The molecule has 158 valence electrons.